The van der Waals surface area contributed by atoms with Gasteiger partial charge in [0, 0.05) is 18.8 Å². The molecule has 3 heterocycles. The molecule has 3 rings (SSSR count). The lowest BCUT2D eigenvalue weighted by molar-refractivity contribution is 0.0683. The van der Waals surface area contributed by atoms with Crippen molar-refractivity contribution >= 4 is 5.97 Å². The van der Waals surface area contributed by atoms with Gasteiger partial charge >= 0.3 is 5.97 Å². The van der Waals surface area contributed by atoms with E-state index < -0.39 is 5.97 Å². The predicted octanol–water partition coefficient (Wildman–Crippen LogP) is 0.867. The second-order valence-electron chi connectivity index (χ2n) is 3.89. The van der Waals surface area contributed by atoms with E-state index in [1.807, 2.05) is 6.07 Å². The van der Waals surface area contributed by atoms with Gasteiger partial charge in [0.2, 0.25) is 0 Å². The van der Waals surface area contributed by atoms with Crippen molar-refractivity contribution in [1.29, 1.82) is 0 Å². The molecule has 0 bridgehead atoms. The van der Waals surface area contributed by atoms with Crippen molar-refractivity contribution in [1.82, 2.24) is 14.9 Å². The molecule has 0 fully saturated rings. The van der Waals surface area contributed by atoms with Gasteiger partial charge in [-0.2, -0.15) is 0 Å². The first-order valence-electron chi connectivity index (χ1n) is 5.32. The van der Waals surface area contributed by atoms with E-state index in [9.17, 15) is 4.79 Å². The summed E-state index contributed by atoms with van der Waals surface area (Å²) < 4.78 is 7.06. The van der Waals surface area contributed by atoms with Crippen LogP contribution in [-0.4, -0.2) is 27.2 Å². The standard InChI is InChI=1S/C11H11N3O3/c15-11(16)8-2-1-7-10(9-5-12-6-17-9)13-3-4-14(7)8/h1-2,5-6,10,13H,3-4H2,(H,15,16). The lowest BCUT2D eigenvalue weighted by Crippen LogP contribution is -2.34. The maximum absolute atomic E-state index is 11.1. The molecule has 0 saturated heterocycles. The average molecular weight is 233 g/mol. The van der Waals surface area contributed by atoms with E-state index in [0.717, 1.165) is 5.69 Å². The van der Waals surface area contributed by atoms with Gasteiger partial charge in [-0.05, 0) is 12.1 Å². The summed E-state index contributed by atoms with van der Waals surface area (Å²) in [7, 11) is 0. The van der Waals surface area contributed by atoms with Crippen LogP contribution in [-0.2, 0) is 6.54 Å². The number of aromatic nitrogens is 2. The Balaban J connectivity index is 2.06. The molecule has 1 aliphatic rings. The summed E-state index contributed by atoms with van der Waals surface area (Å²) >= 11 is 0. The number of rotatable bonds is 2. The quantitative estimate of drug-likeness (QED) is 0.804. The summed E-state index contributed by atoms with van der Waals surface area (Å²) in [5.74, 6) is -0.213. The Morgan fingerprint density at radius 1 is 1.59 bits per heavy atom. The van der Waals surface area contributed by atoms with Crippen LogP contribution in [0.25, 0.3) is 0 Å². The van der Waals surface area contributed by atoms with Gasteiger partial charge in [-0.3, -0.25) is 0 Å². The van der Waals surface area contributed by atoms with Crippen molar-refractivity contribution in [3.05, 3.63) is 41.9 Å². The number of carbonyl (C=O) groups is 1. The molecule has 0 aromatic carbocycles. The molecule has 0 radical (unpaired) electrons. The normalized spacial score (nSPS) is 18.9. The molecule has 6 heteroatoms. The summed E-state index contributed by atoms with van der Waals surface area (Å²) in [6.07, 6.45) is 3.01. The summed E-state index contributed by atoms with van der Waals surface area (Å²) in [6.45, 7) is 1.35. The van der Waals surface area contributed by atoms with Crippen LogP contribution in [0.3, 0.4) is 0 Å². The van der Waals surface area contributed by atoms with Gasteiger partial charge < -0.3 is 19.4 Å². The van der Waals surface area contributed by atoms with Crippen LogP contribution in [0.4, 0.5) is 0 Å². The molecule has 0 spiro atoms. The van der Waals surface area contributed by atoms with E-state index in [1.165, 1.54) is 6.39 Å². The van der Waals surface area contributed by atoms with E-state index in [1.54, 1.807) is 16.8 Å². The Hall–Kier alpha value is -2.08. The third-order valence-corrected chi connectivity index (χ3v) is 2.95. The minimum atomic E-state index is -0.908. The highest BCUT2D eigenvalue weighted by atomic mass is 16.4. The molecule has 0 amide bonds. The summed E-state index contributed by atoms with van der Waals surface area (Å²) in [4.78, 5) is 14.9. The topological polar surface area (TPSA) is 80.3 Å². The van der Waals surface area contributed by atoms with Gasteiger partial charge in [0.1, 0.15) is 17.5 Å². The predicted molar refractivity (Wildman–Crippen MR) is 57.7 cm³/mol. The molecular formula is C11H11N3O3. The number of hydrogen-bond donors (Lipinski definition) is 2. The van der Waals surface area contributed by atoms with Gasteiger partial charge in [-0.1, -0.05) is 0 Å². The molecule has 2 aromatic heterocycles. The van der Waals surface area contributed by atoms with E-state index in [4.69, 9.17) is 9.52 Å². The van der Waals surface area contributed by atoms with Crippen LogP contribution < -0.4 is 5.32 Å². The molecule has 1 aliphatic heterocycles. The summed E-state index contributed by atoms with van der Waals surface area (Å²) in [6, 6.07) is 3.30. The second kappa shape index (κ2) is 3.74. The average Bonchev–Trinajstić information content (AvgIpc) is 2.97. The van der Waals surface area contributed by atoms with Crippen LogP contribution in [0.15, 0.2) is 29.1 Å². The van der Waals surface area contributed by atoms with Crippen molar-refractivity contribution in [2.75, 3.05) is 6.54 Å². The maximum Gasteiger partial charge on any atom is 0.352 e. The molecule has 2 N–H and O–H groups in total. The zero-order valence-corrected chi connectivity index (χ0v) is 8.96. The van der Waals surface area contributed by atoms with Gasteiger partial charge in [-0.15, -0.1) is 0 Å². The fourth-order valence-corrected chi connectivity index (χ4v) is 2.21. The van der Waals surface area contributed by atoms with Crippen molar-refractivity contribution in [3.8, 4) is 0 Å². The smallest absolute Gasteiger partial charge is 0.352 e. The summed E-state index contributed by atoms with van der Waals surface area (Å²) in [5.41, 5.74) is 1.21. The molecule has 17 heavy (non-hydrogen) atoms. The molecule has 2 aromatic rings. The minimum absolute atomic E-state index is 0.126. The van der Waals surface area contributed by atoms with Gasteiger partial charge in [0.25, 0.3) is 0 Å². The first-order valence-corrected chi connectivity index (χ1v) is 5.32. The lowest BCUT2D eigenvalue weighted by atomic mass is 10.1. The van der Waals surface area contributed by atoms with Gasteiger partial charge in [0.05, 0.1) is 6.20 Å². The maximum atomic E-state index is 11.1. The first kappa shape index (κ1) is 10.1. The van der Waals surface area contributed by atoms with E-state index in [0.29, 0.717) is 24.5 Å². The third-order valence-electron chi connectivity index (χ3n) is 2.95. The van der Waals surface area contributed by atoms with E-state index >= 15 is 0 Å². The fraction of sp³-hybridized carbons (Fsp3) is 0.273. The Kier molecular flexibility index (Phi) is 2.22. The van der Waals surface area contributed by atoms with Crippen LogP contribution in [0, 0.1) is 0 Å². The summed E-state index contributed by atoms with van der Waals surface area (Å²) in [5, 5.41) is 12.4. The number of nitrogens with zero attached hydrogens (tertiary/aromatic N) is 2. The Labute approximate surface area is 96.9 Å². The molecule has 0 saturated carbocycles. The van der Waals surface area contributed by atoms with Crippen LogP contribution in [0.5, 0.6) is 0 Å². The second-order valence-corrected chi connectivity index (χ2v) is 3.89. The molecule has 1 atom stereocenters. The SMILES string of the molecule is O=C(O)c1ccc2n1CCNC2c1cnco1. The van der Waals surface area contributed by atoms with Crippen LogP contribution in [0.2, 0.25) is 0 Å². The molecule has 6 nitrogen and oxygen atoms in total. The fourth-order valence-electron chi connectivity index (χ4n) is 2.21. The van der Waals surface area contributed by atoms with Crippen LogP contribution >= 0.6 is 0 Å². The number of carboxylic acid groups (broad SMARTS) is 1. The van der Waals surface area contributed by atoms with Crippen molar-refractivity contribution in [2.45, 2.75) is 12.6 Å². The number of fused-ring (bicyclic) bond motifs is 1. The lowest BCUT2D eigenvalue weighted by Gasteiger charge is -2.25. The molecule has 0 aliphatic carbocycles. The van der Waals surface area contributed by atoms with Crippen molar-refractivity contribution < 1.29 is 14.3 Å². The van der Waals surface area contributed by atoms with E-state index in [2.05, 4.69) is 10.3 Å². The number of oxazole rings is 1. The van der Waals surface area contributed by atoms with Gasteiger partial charge in [-0.25, -0.2) is 9.78 Å². The number of aromatic carboxylic acids is 1. The molecule has 88 valence electrons. The number of carboxylic acids is 1. The van der Waals surface area contributed by atoms with Gasteiger partial charge in [0.15, 0.2) is 6.39 Å². The highest BCUT2D eigenvalue weighted by molar-refractivity contribution is 5.86. The Morgan fingerprint density at radius 3 is 3.18 bits per heavy atom. The Morgan fingerprint density at radius 2 is 2.47 bits per heavy atom. The zero-order valence-electron chi connectivity index (χ0n) is 8.96. The molecule has 1 unspecified atom stereocenters. The minimum Gasteiger partial charge on any atom is -0.477 e. The largest absolute Gasteiger partial charge is 0.477 e. The highest BCUT2D eigenvalue weighted by Crippen LogP contribution is 2.26. The molecular weight excluding hydrogens is 222 g/mol. The van der Waals surface area contributed by atoms with Crippen LogP contribution in [0.1, 0.15) is 28.0 Å². The Bertz CT molecular complexity index is 544. The monoisotopic (exact) mass is 233 g/mol. The van der Waals surface area contributed by atoms with Crippen molar-refractivity contribution in [2.24, 2.45) is 0 Å². The third kappa shape index (κ3) is 1.53. The zero-order chi connectivity index (χ0) is 11.8. The van der Waals surface area contributed by atoms with E-state index in [-0.39, 0.29) is 6.04 Å². The first-order chi connectivity index (χ1) is 8.27. The number of nitrogens with one attached hydrogen (secondary N) is 1. The number of hydrogen-bond acceptors (Lipinski definition) is 4. The highest BCUT2D eigenvalue weighted by Gasteiger charge is 2.27. The van der Waals surface area contributed by atoms with Crippen molar-refractivity contribution in [3.63, 3.8) is 0 Å².